The molecular formula is C23H28F3N5O4S. The minimum atomic E-state index is -5.08. The number of aliphatic carboxylic acids is 1. The highest BCUT2D eigenvalue weighted by Crippen LogP contribution is 2.31. The second kappa shape index (κ2) is 12.3. The molecule has 0 spiro atoms. The van der Waals surface area contributed by atoms with Gasteiger partial charge in [0.15, 0.2) is 0 Å². The Labute approximate surface area is 210 Å². The Bertz CT molecular complexity index is 1040. The number of nitrogens with two attached hydrogens (primary N) is 1. The van der Waals surface area contributed by atoms with Gasteiger partial charge in [-0.15, -0.1) is 5.10 Å². The first kappa shape index (κ1) is 27.5. The van der Waals surface area contributed by atoms with E-state index in [1.807, 2.05) is 30.3 Å². The Morgan fingerprint density at radius 2 is 1.72 bits per heavy atom. The first-order valence-electron chi connectivity index (χ1n) is 11.6. The van der Waals surface area contributed by atoms with Crippen LogP contribution in [0.15, 0.2) is 30.3 Å². The summed E-state index contributed by atoms with van der Waals surface area (Å²) >= 11 is 1.15. The van der Waals surface area contributed by atoms with E-state index in [0.29, 0.717) is 23.7 Å². The number of rotatable bonds is 5. The molecule has 4 rings (SSSR count). The molecule has 36 heavy (non-hydrogen) atoms. The van der Waals surface area contributed by atoms with Gasteiger partial charge in [0, 0.05) is 23.6 Å². The van der Waals surface area contributed by atoms with Crippen molar-refractivity contribution >= 4 is 34.3 Å². The van der Waals surface area contributed by atoms with Gasteiger partial charge < -0.3 is 21.1 Å². The monoisotopic (exact) mass is 527 g/mol. The molecule has 2 amide bonds. The number of carboxylic acids is 1. The van der Waals surface area contributed by atoms with E-state index in [4.69, 9.17) is 15.6 Å². The Balaban J connectivity index is 0.000000454. The fourth-order valence-electron chi connectivity index (χ4n) is 4.44. The van der Waals surface area contributed by atoms with E-state index < -0.39 is 24.2 Å². The van der Waals surface area contributed by atoms with Gasteiger partial charge in [-0.1, -0.05) is 54.1 Å². The number of carbonyl (C=O) groups excluding carboxylic acids is 2. The molecule has 1 aromatic carbocycles. The number of hydrogen-bond acceptors (Lipinski definition) is 7. The van der Waals surface area contributed by atoms with Gasteiger partial charge in [-0.3, -0.25) is 9.59 Å². The molecule has 196 valence electrons. The number of likely N-dealkylation sites (tertiary alicyclic amines) is 1. The number of carbonyl (C=O) groups is 3. The Kier molecular flexibility index (Phi) is 9.37. The van der Waals surface area contributed by atoms with E-state index >= 15 is 0 Å². The van der Waals surface area contributed by atoms with Gasteiger partial charge >= 0.3 is 12.1 Å². The second-order valence-corrected chi connectivity index (χ2v) is 9.48. The van der Waals surface area contributed by atoms with Gasteiger partial charge in [-0.25, -0.2) is 4.79 Å². The molecule has 2 fully saturated rings. The predicted octanol–water partition coefficient (Wildman–Crippen LogP) is 3.68. The van der Waals surface area contributed by atoms with Gasteiger partial charge in [0.25, 0.3) is 0 Å². The van der Waals surface area contributed by atoms with Crippen molar-refractivity contribution in [1.29, 1.82) is 0 Å². The quantitative estimate of drug-likeness (QED) is 0.539. The van der Waals surface area contributed by atoms with Crippen LogP contribution in [0.5, 0.6) is 0 Å². The van der Waals surface area contributed by atoms with Gasteiger partial charge in [-0.05, 0) is 31.6 Å². The van der Waals surface area contributed by atoms with E-state index in [0.717, 1.165) is 49.2 Å². The maximum atomic E-state index is 13.0. The van der Waals surface area contributed by atoms with Crippen molar-refractivity contribution in [2.75, 3.05) is 11.9 Å². The molecule has 1 saturated carbocycles. The molecule has 1 aromatic heterocycles. The minimum Gasteiger partial charge on any atom is -0.475 e. The van der Waals surface area contributed by atoms with Crippen LogP contribution in [0.4, 0.5) is 18.2 Å². The number of nitrogens with zero attached hydrogens (tertiary/aromatic N) is 3. The van der Waals surface area contributed by atoms with Crippen LogP contribution in [0.1, 0.15) is 44.9 Å². The highest BCUT2D eigenvalue weighted by atomic mass is 32.1. The highest BCUT2D eigenvalue weighted by Gasteiger charge is 2.39. The topological polar surface area (TPSA) is 139 Å². The van der Waals surface area contributed by atoms with Crippen LogP contribution in [0, 0.1) is 5.92 Å². The molecule has 2 aromatic rings. The van der Waals surface area contributed by atoms with Crippen molar-refractivity contribution in [1.82, 2.24) is 14.5 Å². The number of anilines is 1. The maximum absolute atomic E-state index is 13.0. The van der Waals surface area contributed by atoms with Gasteiger partial charge in [0.1, 0.15) is 16.7 Å². The summed E-state index contributed by atoms with van der Waals surface area (Å²) in [6.45, 7) is 0.587. The summed E-state index contributed by atoms with van der Waals surface area (Å²) < 4.78 is 35.7. The van der Waals surface area contributed by atoms with Crippen molar-refractivity contribution in [3.63, 3.8) is 0 Å². The third kappa shape index (κ3) is 7.00. The molecule has 0 bridgehead atoms. The average Bonchev–Trinajstić information content (AvgIpc) is 3.54. The van der Waals surface area contributed by atoms with E-state index in [-0.39, 0.29) is 17.7 Å². The summed E-state index contributed by atoms with van der Waals surface area (Å²) in [5.41, 5.74) is 7.88. The molecule has 2 atom stereocenters. The number of nitrogens with one attached hydrogen (secondary N) is 1. The molecule has 4 N–H and O–H groups in total. The lowest BCUT2D eigenvalue weighted by molar-refractivity contribution is -0.192. The smallest absolute Gasteiger partial charge is 0.475 e. The van der Waals surface area contributed by atoms with Crippen LogP contribution in [-0.4, -0.2) is 62.2 Å². The molecule has 0 unspecified atom stereocenters. The molecule has 2 aliphatic rings. The summed E-state index contributed by atoms with van der Waals surface area (Å²) in [5.74, 6) is -2.79. The number of halogens is 3. The highest BCUT2D eigenvalue weighted by molar-refractivity contribution is 7.10. The summed E-state index contributed by atoms with van der Waals surface area (Å²) in [4.78, 5) is 36.6. The van der Waals surface area contributed by atoms with E-state index in [1.165, 1.54) is 6.42 Å². The number of alkyl halides is 3. The Morgan fingerprint density at radius 1 is 1.08 bits per heavy atom. The third-order valence-corrected chi connectivity index (χ3v) is 6.94. The lowest BCUT2D eigenvalue weighted by Gasteiger charge is -2.32. The largest absolute Gasteiger partial charge is 0.490 e. The summed E-state index contributed by atoms with van der Waals surface area (Å²) in [5, 5.41) is 14.9. The molecule has 9 nitrogen and oxygen atoms in total. The van der Waals surface area contributed by atoms with Crippen LogP contribution in [0.2, 0.25) is 0 Å². The van der Waals surface area contributed by atoms with Crippen LogP contribution in [0.25, 0.3) is 11.3 Å². The number of carboxylic acid groups (broad SMARTS) is 1. The Hall–Kier alpha value is -3.06. The maximum Gasteiger partial charge on any atom is 0.490 e. The van der Waals surface area contributed by atoms with Crippen LogP contribution in [-0.2, 0) is 14.4 Å². The zero-order chi connectivity index (χ0) is 26.3. The summed E-state index contributed by atoms with van der Waals surface area (Å²) in [6, 6.07) is 8.65. The number of hydrogen-bond donors (Lipinski definition) is 3. The first-order valence-corrected chi connectivity index (χ1v) is 12.4. The molecule has 1 aliphatic heterocycles. The van der Waals surface area contributed by atoms with Crippen molar-refractivity contribution in [3.05, 3.63) is 30.3 Å². The lowest BCUT2D eigenvalue weighted by atomic mass is 9.83. The van der Waals surface area contributed by atoms with Crippen molar-refractivity contribution in [3.8, 4) is 11.3 Å². The van der Waals surface area contributed by atoms with Crippen molar-refractivity contribution in [2.45, 2.75) is 63.2 Å². The number of aromatic nitrogens is 2. The molecule has 2 heterocycles. The molecule has 1 saturated heterocycles. The van der Waals surface area contributed by atoms with Crippen molar-refractivity contribution < 1.29 is 32.7 Å². The van der Waals surface area contributed by atoms with Crippen LogP contribution >= 0.6 is 11.5 Å². The van der Waals surface area contributed by atoms with Gasteiger partial charge in [-0.2, -0.15) is 13.2 Å². The van der Waals surface area contributed by atoms with Gasteiger partial charge in [0.05, 0.1) is 6.04 Å². The zero-order valence-corrected chi connectivity index (χ0v) is 20.2. The van der Waals surface area contributed by atoms with Crippen LogP contribution < -0.4 is 11.1 Å². The molecule has 1 aliphatic carbocycles. The summed E-state index contributed by atoms with van der Waals surface area (Å²) in [7, 11) is 0. The SMILES string of the molecule is N[C@H](C(=O)N1CCC[C@H]1C(=O)Nc1snnc1-c1ccccc1)C1CCCCC1.O=C(O)C(F)(F)F. The van der Waals surface area contributed by atoms with E-state index in [2.05, 4.69) is 14.9 Å². The number of benzene rings is 1. The third-order valence-electron chi connectivity index (χ3n) is 6.30. The normalized spacial score (nSPS) is 19.2. The molecule has 13 heteroatoms. The summed E-state index contributed by atoms with van der Waals surface area (Å²) in [6.07, 6.45) is 1.88. The molecule has 0 radical (unpaired) electrons. The van der Waals surface area contributed by atoms with E-state index in [9.17, 15) is 22.8 Å². The standard InChI is InChI=1S/C21H27N5O2S.C2HF3O2/c22-17(14-8-3-1-4-9-14)21(28)26-13-7-12-16(26)19(27)23-20-18(24-25-29-20)15-10-5-2-6-11-15;3-2(4,5)1(6)7/h2,5-6,10-11,14,16-17H,1,3-4,7-9,12-13,22H2,(H,23,27);(H,6,7)/t16-,17-;/m0./s1. The van der Waals surface area contributed by atoms with Gasteiger partial charge in [0.2, 0.25) is 11.8 Å². The second-order valence-electron chi connectivity index (χ2n) is 8.72. The first-order chi connectivity index (χ1) is 17.1. The van der Waals surface area contributed by atoms with Crippen LogP contribution in [0.3, 0.4) is 0 Å². The Morgan fingerprint density at radius 3 is 2.33 bits per heavy atom. The predicted molar refractivity (Wildman–Crippen MR) is 127 cm³/mol. The fraction of sp³-hybridized carbons (Fsp3) is 0.522. The van der Waals surface area contributed by atoms with E-state index in [1.54, 1.807) is 4.90 Å². The average molecular weight is 528 g/mol. The molecular weight excluding hydrogens is 499 g/mol. The number of amides is 2. The van der Waals surface area contributed by atoms with Crippen molar-refractivity contribution in [2.24, 2.45) is 11.7 Å². The fourth-order valence-corrected chi connectivity index (χ4v) is 5.04. The lowest BCUT2D eigenvalue weighted by Crippen LogP contribution is -2.52. The minimum absolute atomic E-state index is 0.0831. The zero-order valence-electron chi connectivity index (χ0n) is 19.4.